The average Bonchev–Trinajstić information content (AvgIpc) is 3.12. The van der Waals surface area contributed by atoms with Crippen LogP contribution in [0, 0.1) is 6.92 Å². The van der Waals surface area contributed by atoms with Gasteiger partial charge in [0, 0.05) is 10.4 Å². The molecule has 0 aliphatic heterocycles. The predicted molar refractivity (Wildman–Crippen MR) is 118 cm³/mol. The summed E-state index contributed by atoms with van der Waals surface area (Å²) in [4.78, 5) is 12.8. The first kappa shape index (κ1) is 18.0. The maximum Gasteiger partial charge on any atom is 0.230 e. The summed E-state index contributed by atoms with van der Waals surface area (Å²) < 4.78 is 6.16. The number of halogens is 2. The molecule has 5 aromatic rings. The number of H-pyrrole nitrogens is 1. The van der Waals surface area contributed by atoms with Crippen molar-refractivity contribution < 1.29 is 4.42 Å². The van der Waals surface area contributed by atoms with Crippen molar-refractivity contribution in [1.82, 2.24) is 9.97 Å². The van der Waals surface area contributed by atoms with E-state index in [1.807, 2.05) is 67.6 Å². The van der Waals surface area contributed by atoms with Crippen molar-refractivity contribution >= 4 is 50.9 Å². The number of aryl methyl sites for hydroxylation is 1. The molecule has 0 radical (unpaired) electrons. The second kappa shape index (κ2) is 7.07. The van der Waals surface area contributed by atoms with Crippen LogP contribution in [0.3, 0.4) is 0 Å². The Balaban J connectivity index is 1.84. The lowest BCUT2D eigenvalue weighted by Crippen LogP contribution is -2.06. The van der Waals surface area contributed by atoms with Crippen LogP contribution in [0.1, 0.15) is 5.56 Å². The van der Waals surface area contributed by atoms with Crippen molar-refractivity contribution in [3.8, 4) is 11.4 Å². The Morgan fingerprint density at radius 1 is 0.966 bits per heavy atom. The van der Waals surface area contributed by atoms with Crippen LogP contribution in [0.25, 0.3) is 33.4 Å². The molecular formula is C23H15Cl2N3O. The van der Waals surface area contributed by atoms with E-state index in [0.717, 1.165) is 33.2 Å². The molecule has 0 unspecified atom stereocenters. The van der Waals surface area contributed by atoms with E-state index in [0.29, 0.717) is 27.0 Å². The smallest absolute Gasteiger partial charge is 0.230 e. The Morgan fingerprint density at radius 3 is 2.66 bits per heavy atom. The molecule has 0 spiro atoms. The van der Waals surface area contributed by atoms with Crippen LogP contribution in [0.15, 0.2) is 76.1 Å². The Hall–Kier alpha value is -3.08. The molecule has 6 heteroatoms. The van der Waals surface area contributed by atoms with Crippen molar-refractivity contribution in [2.45, 2.75) is 6.92 Å². The van der Waals surface area contributed by atoms with Crippen LogP contribution in [0.4, 0.5) is 5.69 Å². The van der Waals surface area contributed by atoms with Crippen molar-refractivity contribution in [2.24, 2.45) is 4.99 Å². The van der Waals surface area contributed by atoms with Crippen LogP contribution in [-0.4, -0.2) is 9.97 Å². The predicted octanol–water partition coefficient (Wildman–Crippen LogP) is 6.82. The number of hydrogen-bond acceptors (Lipinski definition) is 3. The van der Waals surface area contributed by atoms with E-state index in [-0.39, 0.29) is 0 Å². The van der Waals surface area contributed by atoms with Crippen LogP contribution in [0.2, 0.25) is 10.0 Å². The van der Waals surface area contributed by atoms with Gasteiger partial charge in [0.2, 0.25) is 5.55 Å². The fraction of sp³-hybridized carbons (Fsp3) is 0.0435. The first-order valence-corrected chi connectivity index (χ1v) is 9.82. The lowest BCUT2D eigenvalue weighted by molar-refractivity contribution is 0.547. The van der Waals surface area contributed by atoms with Crippen LogP contribution in [0.5, 0.6) is 0 Å². The number of benzene rings is 3. The summed E-state index contributed by atoms with van der Waals surface area (Å²) in [6.07, 6.45) is 0. The molecule has 0 fully saturated rings. The van der Waals surface area contributed by atoms with Gasteiger partial charge in [-0.1, -0.05) is 47.5 Å². The monoisotopic (exact) mass is 419 g/mol. The highest BCUT2D eigenvalue weighted by Crippen LogP contribution is 2.30. The molecule has 142 valence electrons. The summed E-state index contributed by atoms with van der Waals surface area (Å²) in [6.45, 7) is 2.02. The summed E-state index contributed by atoms with van der Waals surface area (Å²) in [7, 11) is 0. The summed E-state index contributed by atoms with van der Waals surface area (Å²) in [5.41, 5.74) is 5.39. The maximum atomic E-state index is 6.38. The van der Waals surface area contributed by atoms with Crippen molar-refractivity contribution in [1.29, 1.82) is 0 Å². The number of rotatable bonds is 2. The first-order valence-electron chi connectivity index (χ1n) is 9.06. The molecule has 3 aromatic carbocycles. The molecule has 0 amide bonds. The van der Waals surface area contributed by atoms with Gasteiger partial charge in [0.25, 0.3) is 0 Å². The third kappa shape index (κ3) is 3.41. The summed E-state index contributed by atoms with van der Waals surface area (Å²) in [5.74, 6) is 0.666. The minimum atomic E-state index is 0.423. The van der Waals surface area contributed by atoms with Gasteiger partial charge in [-0.2, -0.15) is 0 Å². The molecule has 2 aromatic heterocycles. The molecular weight excluding hydrogens is 405 g/mol. The Morgan fingerprint density at radius 2 is 1.83 bits per heavy atom. The van der Waals surface area contributed by atoms with Gasteiger partial charge in [-0.05, 0) is 55.0 Å². The molecule has 29 heavy (non-hydrogen) atoms. The number of aromatic amines is 1. The normalized spacial score (nSPS) is 12.2. The molecule has 4 nitrogen and oxygen atoms in total. The number of para-hydroxylation sites is 2. The lowest BCUT2D eigenvalue weighted by Gasteiger charge is -2.05. The van der Waals surface area contributed by atoms with Crippen LogP contribution >= 0.6 is 23.2 Å². The minimum absolute atomic E-state index is 0.423. The number of hydrogen-bond donors (Lipinski definition) is 1. The van der Waals surface area contributed by atoms with Crippen molar-refractivity contribution in [3.05, 3.63) is 87.9 Å². The fourth-order valence-electron chi connectivity index (χ4n) is 3.31. The Bertz CT molecular complexity index is 1420. The van der Waals surface area contributed by atoms with E-state index >= 15 is 0 Å². The van der Waals surface area contributed by atoms with Gasteiger partial charge in [-0.25, -0.2) is 9.98 Å². The summed E-state index contributed by atoms with van der Waals surface area (Å²) in [6, 6.07) is 21.2. The van der Waals surface area contributed by atoms with E-state index < -0.39 is 0 Å². The zero-order valence-corrected chi connectivity index (χ0v) is 16.9. The van der Waals surface area contributed by atoms with Gasteiger partial charge in [-0.15, -0.1) is 0 Å². The van der Waals surface area contributed by atoms with E-state index in [9.17, 15) is 0 Å². The van der Waals surface area contributed by atoms with Gasteiger partial charge in [0.05, 0.1) is 27.3 Å². The highest BCUT2D eigenvalue weighted by atomic mass is 35.5. The molecule has 0 bridgehead atoms. The molecule has 0 aliphatic carbocycles. The van der Waals surface area contributed by atoms with Gasteiger partial charge >= 0.3 is 0 Å². The molecule has 1 N–H and O–H groups in total. The highest BCUT2D eigenvalue weighted by Gasteiger charge is 2.13. The Kier molecular flexibility index (Phi) is 4.38. The number of nitrogens with one attached hydrogen (secondary N) is 1. The molecule has 0 saturated heterocycles. The quantitative estimate of drug-likeness (QED) is 0.341. The Labute approximate surface area is 176 Å². The zero-order chi connectivity index (χ0) is 20.0. The second-order valence-corrected chi connectivity index (χ2v) is 7.67. The number of aromatic nitrogens is 2. The standard InChI is InChI=1S/C23H15Cl2N3O/c1-13-5-4-6-16(9-13)26-23-17(22-27-19-7-2-3-8-20(19)28-22)11-14-10-15(24)12-18(25)21(14)29-23/h2-12H,1H3,(H,27,28). The first-order chi connectivity index (χ1) is 14.1. The third-order valence-corrected chi connectivity index (χ3v) is 5.14. The summed E-state index contributed by atoms with van der Waals surface area (Å²) in [5, 5.41) is 1.75. The van der Waals surface area contributed by atoms with Gasteiger partial charge in [0.1, 0.15) is 5.82 Å². The number of nitrogens with zero attached hydrogens (tertiary/aromatic N) is 2. The van der Waals surface area contributed by atoms with Crippen LogP contribution in [-0.2, 0) is 0 Å². The number of imidazole rings is 1. The second-order valence-electron chi connectivity index (χ2n) is 6.82. The van der Waals surface area contributed by atoms with E-state index in [1.165, 1.54) is 0 Å². The molecule has 5 rings (SSSR count). The lowest BCUT2D eigenvalue weighted by atomic mass is 10.1. The van der Waals surface area contributed by atoms with E-state index in [1.54, 1.807) is 6.07 Å². The molecule has 2 heterocycles. The van der Waals surface area contributed by atoms with Crippen LogP contribution < -0.4 is 5.55 Å². The average molecular weight is 420 g/mol. The minimum Gasteiger partial charge on any atom is -0.436 e. The summed E-state index contributed by atoms with van der Waals surface area (Å²) >= 11 is 12.6. The number of fused-ring (bicyclic) bond motifs is 2. The molecule has 0 aliphatic rings. The molecule has 0 saturated carbocycles. The fourth-order valence-corrected chi connectivity index (χ4v) is 3.86. The van der Waals surface area contributed by atoms with Gasteiger partial charge in [0.15, 0.2) is 5.58 Å². The zero-order valence-electron chi connectivity index (χ0n) is 15.4. The topological polar surface area (TPSA) is 54.2 Å². The van der Waals surface area contributed by atoms with Crippen molar-refractivity contribution in [2.75, 3.05) is 0 Å². The SMILES string of the molecule is Cc1cccc(N=c2oc3c(Cl)cc(Cl)cc3cc2-c2nc3ccccc3[nH]2)c1. The van der Waals surface area contributed by atoms with E-state index in [2.05, 4.69) is 4.98 Å². The van der Waals surface area contributed by atoms with E-state index in [4.69, 9.17) is 37.6 Å². The third-order valence-electron chi connectivity index (χ3n) is 4.64. The maximum absolute atomic E-state index is 6.38. The van der Waals surface area contributed by atoms with Gasteiger partial charge < -0.3 is 9.40 Å². The van der Waals surface area contributed by atoms with Crippen molar-refractivity contribution in [3.63, 3.8) is 0 Å². The highest BCUT2D eigenvalue weighted by molar-refractivity contribution is 6.38. The van der Waals surface area contributed by atoms with Gasteiger partial charge in [-0.3, -0.25) is 0 Å². The molecule has 0 atom stereocenters. The largest absolute Gasteiger partial charge is 0.436 e.